The summed E-state index contributed by atoms with van der Waals surface area (Å²) < 4.78 is 10.5. The first kappa shape index (κ1) is 22.6. The fourth-order valence-electron chi connectivity index (χ4n) is 3.71. The molecule has 2 amide bonds. The highest BCUT2D eigenvalue weighted by Gasteiger charge is 2.25. The maximum atomic E-state index is 12.5. The molecule has 1 fully saturated rings. The van der Waals surface area contributed by atoms with Crippen molar-refractivity contribution in [2.45, 2.75) is 26.3 Å². The molecule has 0 bridgehead atoms. The second kappa shape index (κ2) is 10.8. The lowest BCUT2D eigenvalue weighted by Gasteiger charge is -2.30. The monoisotopic (exact) mass is 425 g/mol. The Balaban J connectivity index is 1.41. The number of hydrogen-bond acceptors (Lipinski definition) is 5. The Morgan fingerprint density at radius 3 is 2.32 bits per heavy atom. The fraction of sp³-hybridized carbons (Fsp3) is 0.417. The summed E-state index contributed by atoms with van der Waals surface area (Å²) in [6, 6.07) is 13.4. The van der Waals surface area contributed by atoms with Gasteiger partial charge < -0.3 is 20.1 Å². The Kier molecular flexibility index (Phi) is 7.89. The molecule has 0 atom stereocenters. The summed E-state index contributed by atoms with van der Waals surface area (Å²) in [6.07, 6.45) is 1.51. The van der Waals surface area contributed by atoms with Gasteiger partial charge in [-0.05, 0) is 50.6 Å². The van der Waals surface area contributed by atoms with Crippen LogP contribution in [0.25, 0.3) is 0 Å². The maximum Gasteiger partial charge on any atom is 0.238 e. The minimum absolute atomic E-state index is 0.00407. The van der Waals surface area contributed by atoms with E-state index in [-0.39, 0.29) is 17.7 Å². The Labute approximate surface area is 183 Å². The molecule has 0 aromatic heterocycles. The van der Waals surface area contributed by atoms with E-state index >= 15 is 0 Å². The van der Waals surface area contributed by atoms with Gasteiger partial charge in [-0.15, -0.1) is 0 Å². The molecule has 0 unspecified atom stereocenters. The molecule has 0 radical (unpaired) electrons. The summed E-state index contributed by atoms with van der Waals surface area (Å²) >= 11 is 0. The molecule has 31 heavy (non-hydrogen) atoms. The number of methoxy groups -OCH3 is 2. The summed E-state index contributed by atoms with van der Waals surface area (Å²) in [5.74, 6) is 1.18. The molecule has 0 aliphatic carbocycles. The second-order valence-electron chi connectivity index (χ2n) is 7.87. The predicted molar refractivity (Wildman–Crippen MR) is 120 cm³/mol. The number of anilines is 1. The fourth-order valence-corrected chi connectivity index (χ4v) is 3.71. The molecule has 0 spiro atoms. The van der Waals surface area contributed by atoms with Crippen LogP contribution in [-0.4, -0.2) is 50.6 Å². The first-order chi connectivity index (χ1) is 15.0. The van der Waals surface area contributed by atoms with Gasteiger partial charge in [0, 0.05) is 24.2 Å². The quantitative estimate of drug-likeness (QED) is 0.680. The Morgan fingerprint density at radius 1 is 1.00 bits per heavy atom. The highest BCUT2D eigenvalue weighted by molar-refractivity contribution is 5.92. The number of benzene rings is 2. The number of rotatable bonds is 8. The first-order valence-electron chi connectivity index (χ1n) is 10.6. The number of likely N-dealkylation sites (tertiary alicyclic amines) is 1. The highest BCUT2D eigenvalue weighted by Crippen LogP contribution is 2.29. The number of nitrogens with zero attached hydrogens (tertiary/aromatic N) is 1. The summed E-state index contributed by atoms with van der Waals surface area (Å²) in [5, 5.41) is 5.93. The van der Waals surface area contributed by atoms with Crippen molar-refractivity contribution in [3.05, 3.63) is 53.6 Å². The molecule has 1 saturated heterocycles. The van der Waals surface area contributed by atoms with Gasteiger partial charge >= 0.3 is 0 Å². The summed E-state index contributed by atoms with van der Waals surface area (Å²) in [7, 11) is 3.13. The van der Waals surface area contributed by atoms with E-state index < -0.39 is 0 Å². The zero-order valence-electron chi connectivity index (χ0n) is 18.4. The van der Waals surface area contributed by atoms with E-state index in [0.717, 1.165) is 31.5 Å². The third-order valence-corrected chi connectivity index (χ3v) is 5.58. The summed E-state index contributed by atoms with van der Waals surface area (Å²) in [6.45, 7) is 4.34. The summed E-state index contributed by atoms with van der Waals surface area (Å²) in [5.41, 5.74) is 2.97. The number of carbonyl (C=O) groups excluding carboxylic acids is 2. The largest absolute Gasteiger partial charge is 0.493 e. The normalized spacial score (nSPS) is 14.7. The average Bonchev–Trinajstić information content (AvgIpc) is 2.78. The van der Waals surface area contributed by atoms with Gasteiger partial charge in [-0.3, -0.25) is 14.5 Å². The van der Waals surface area contributed by atoms with E-state index in [1.165, 1.54) is 5.56 Å². The second-order valence-corrected chi connectivity index (χ2v) is 7.87. The number of hydrogen-bond donors (Lipinski definition) is 2. The van der Waals surface area contributed by atoms with Crippen LogP contribution in [0.3, 0.4) is 0 Å². The Bertz CT molecular complexity index is 890. The zero-order valence-corrected chi connectivity index (χ0v) is 18.4. The van der Waals surface area contributed by atoms with Gasteiger partial charge in [-0.25, -0.2) is 0 Å². The molecule has 2 N–H and O–H groups in total. The van der Waals surface area contributed by atoms with Crippen LogP contribution < -0.4 is 20.1 Å². The molecule has 1 heterocycles. The number of amides is 2. The van der Waals surface area contributed by atoms with Crippen LogP contribution in [0.5, 0.6) is 11.5 Å². The van der Waals surface area contributed by atoms with Gasteiger partial charge in [0.25, 0.3) is 0 Å². The number of nitrogens with one attached hydrogen (secondary N) is 2. The van der Waals surface area contributed by atoms with Gasteiger partial charge in [0.15, 0.2) is 11.5 Å². The van der Waals surface area contributed by atoms with Crippen LogP contribution in [0, 0.1) is 12.8 Å². The average molecular weight is 426 g/mol. The number of piperidine rings is 1. The van der Waals surface area contributed by atoms with E-state index in [2.05, 4.69) is 15.5 Å². The highest BCUT2D eigenvalue weighted by atomic mass is 16.5. The van der Waals surface area contributed by atoms with Gasteiger partial charge in [0.05, 0.1) is 20.8 Å². The lowest BCUT2D eigenvalue weighted by Crippen LogP contribution is -2.43. The van der Waals surface area contributed by atoms with Crippen molar-refractivity contribution >= 4 is 17.5 Å². The zero-order chi connectivity index (χ0) is 22.2. The summed E-state index contributed by atoms with van der Waals surface area (Å²) in [4.78, 5) is 27.0. The number of ether oxygens (including phenoxy) is 2. The standard InChI is InChI=1S/C24H31N3O4/c1-17-4-6-18(7-5-17)15-25-24(29)19-10-12-27(13-11-19)16-23(28)26-20-8-9-21(30-2)22(14-20)31-3/h4-9,14,19H,10-13,15-16H2,1-3H3,(H,25,29)(H,26,28). The van der Waals surface area contributed by atoms with Crippen molar-refractivity contribution in [3.8, 4) is 11.5 Å². The van der Waals surface area contributed by atoms with Crippen LogP contribution >= 0.6 is 0 Å². The van der Waals surface area contributed by atoms with Crippen LogP contribution in [0.2, 0.25) is 0 Å². The van der Waals surface area contributed by atoms with Gasteiger partial charge in [0.1, 0.15) is 0 Å². The van der Waals surface area contributed by atoms with E-state index in [0.29, 0.717) is 30.3 Å². The predicted octanol–water partition coefficient (Wildman–Crippen LogP) is 2.98. The van der Waals surface area contributed by atoms with Crippen molar-refractivity contribution in [3.63, 3.8) is 0 Å². The lowest BCUT2D eigenvalue weighted by atomic mass is 9.96. The third kappa shape index (κ3) is 6.46. The van der Waals surface area contributed by atoms with E-state index in [1.807, 2.05) is 31.2 Å². The minimum atomic E-state index is -0.0884. The van der Waals surface area contributed by atoms with Gasteiger partial charge in [-0.1, -0.05) is 29.8 Å². The van der Waals surface area contributed by atoms with E-state index in [4.69, 9.17) is 9.47 Å². The molecular weight excluding hydrogens is 394 g/mol. The van der Waals surface area contributed by atoms with Crippen LogP contribution in [0.4, 0.5) is 5.69 Å². The molecule has 2 aromatic carbocycles. The smallest absolute Gasteiger partial charge is 0.238 e. The molecule has 0 saturated carbocycles. The topological polar surface area (TPSA) is 79.9 Å². The van der Waals surface area contributed by atoms with E-state index in [1.54, 1.807) is 32.4 Å². The molecule has 7 nitrogen and oxygen atoms in total. The van der Waals surface area contributed by atoms with Crippen molar-refractivity contribution in [1.29, 1.82) is 0 Å². The van der Waals surface area contributed by atoms with Crippen LogP contribution in [-0.2, 0) is 16.1 Å². The van der Waals surface area contributed by atoms with E-state index in [9.17, 15) is 9.59 Å². The minimum Gasteiger partial charge on any atom is -0.493 e. The molecule has 2 aromatic rings. The Morgan fingerprint density at radius 2 is 1.68 bits per heavy atom. The third-order valence-electron chi connectivity index (χ3n) is 5.58. The van der Waals surface area contributed by atoms with Crippen molar-refractivity contribution in [2.24, 2.45) is 5.92 Å². The number of carbonyl (C=O) groups is 2. The maximum absolute atomic E-state index is 12.5. The first-order valence-corrected chi connectivity index (χ1v) is 10.6. The van der Waals surface area contributed by atoms with Crippen molar-refractivity contribution in [1.82, 2.24) is 10.2 Å². The van der Waals surface area contributed by atoms with Gasteiger partial charge in [-0.2, -0.15) is 0 Å². The lowest BCUT2D eigenvalue weighted by molar-refractivity contribution is -0.126. The Hall–Kier alpha value is -3.06. The molecule has 1 aliphatic rings. The van der Waals surface area contributed by atoms with Crippen molar-refractivity contribution < 1.29 is 19.1 Å². The SMILES string of the molecule is COc1ccc(NC(=O)CN2CCC(C(=O)NCc3ccc(C)cc3)CC2)cc1OC. The van der Waals surface area contributed by atoms with Crippen molar-refractivity contribution in [2.75, 3.05) is 39.2 Å². The molecular formula is C24H31N3O4. The molecule has 3 rings (SSSR count). The molecule has 1 aliphatic heterocycles. The van der Waals surface area contributed by atoms with Gasteiger partial charge in [0.2, 0.25) is 11.8 Å². The van der Waals surface area contributed by atoms with Crippen LogP contribution in [0.15, 0.2) is 42.5 Å². The number of aryl methyl sites for hydroxylation is 1. The molecule has 166 valence electrons. The van der Waals surface area contributed by atoms with Crippen LogP contribution in [0.1, 0.15) is 24.0 Å². The molecule has 7 heteroatoms.